The van der Waals surface area contributed by atoms with Crippen LogP contribution in [0.1, 0.15) is 38.7 Å². The van der Waals surface area contributed by atoms with Crippen molar-refractivity contribution in [3.05, 3.63) is 72.9 Å². The van der Waals surface area contributed by atoms with Gasteiger partial charge in [0.1, 0.15) is 6.61 Å². The molecule has 1 amide bonds. The molecule has 0 aliphatic heterocycles. The van der Waals surface area contributed by atoms with Crippen molar-refractivity contribution < 1.29 is 14.6 Å². The molecule has 160 valence electrons. The number of hydrogen-bond acceptors (Lipinski definition) is 4. The summed E-state index contributed by atoms with van der Waals surface area (Å²) in [7, 11) is 0. The predicted molar refractivity (Wildman–Crippen MR) is 120 cm³/mol. The predicted octanol–water partition coefficient (Wildman–Crippen LogP) is 4.36. The highest BCUT2D eigenvalue weighted by Crippen LogP contribution is 2.08. The Morgan fingerprint density at radius 2 is 1.93 bits per heavy atom. The number of rotatable bonds is 14. The van der Waals surface area contributed by atoms with Gasteiger partial charge in [-0.15, -0.1) is 0 Å². The zero-order valence-corrected chi connectivity index (χ0v) is 17.7. The lowest BCUT2D eigenvalue weighted by molar-refractivity contribution is 0.0969. The number of nitrogens with one attached hydrogen (secondary N) is 2. The number of unbranched alkanes of at least 4 members (excludes halogenated alkanes) is 1. The molecule has 0 saturated heterocycles. The second-order valence-corrected chi connectivity index (χ2v) is 7.41. The number of alkyl carbamates (subject to hydrolysis) is 1. The van der Waals surface area contributed by atoms with Gasteiger partial charge in [0.05, 0.1) is 12.1 Å². The molecule has 0 spiro atoms. The minimum absolute atomic E-state index is 0.208. The number of carbonyl (C=O) groups is 1. The van der Waals surface area contributed by atoms with Crippen LogP contribution in [0.3, 0.4) is 0 Å². The first-order valence-corrected chi connectivity index (χ1v) is 10.3. The Hall–Kier alpha value is -2.37. The summed E-state index contributed by atoms with van der Waals surface area (Å²) < 4.78 is 5.31. The Bertz CT molecular complexity index is 626. The van der Waals surface area contributed by atoms with Crippen molar-refractivity contribution in [3.63, 3.8) is 0 Å². The number of amides is 1. The van der Waals surface area contributed by atoms with E-state index in [2.05, 4.69) is 37.1 Å². The number of ether oxygens (including phenoxy) is 1. The molecule has 29 heavy (non-hydrogen) atoms. The van der Waals surface area contributed by atoms with Crippen LogP contribution >= 0.6 is 0 Å². The maximum absolute atomic E-state index is 12.2. The monoisotopic (exact) mass is 400 g/mol. The van der Waals surface area contributed by atoms with Crippen LogP contribution in [0.2, 0.25) is 0 Å². The van der Waals surface area contributed by atoms with E-state index in [0.29, 0.717) is 18.9 Å². The lowest BCUT2D eigenvalue weighted by Crippen LogP contribution is -2.48. The van der Waals surface area contributed by atoms with E-state index < -0.39 is 12.2 Å². The van der Waals surface area contributed by atoms with Crippen LogP contribution in [-0.2, 0) is 11.3 Å². The van der Waals surface area contributed by atoms with Crippen molar-refractivity contribution in [3.8, 4) is 0 Å². The van der Waals surface area contributed by atoms with Gasteiger partial charge in [0.2, 0.25) is 0 Å². The Kier molecular flexibility index (Phi) is 13.2. The van der Waals surface area contributed by atoms with Crippen molar-refractivity contribution in [1.29, 1.82) is 0 Å². The smallest absolute Gasteiger partial charge is 0.407 e. The molecule has 1 aromatic rings. The summed E-state index contributed by atoms with van der Waals surface area (Å²) >= 11 is 0. The Labute approximate surface area is 175 Å². The van der Waals surface area contributed by atoms with Crippen molar-refractivity contribution in [2.45, 2.75) is 51.9 Å². The van der Waals surface area contributed by atoms with E-state index in [9.17, 15) is 9.90 Å². The van der Waals surface area contributed by atoms with Gasteiger partial charge in [-0.3, -0.25) is 0 Å². The molecule has 3 N–H and O–H groups in total. The first kappa shape index (κ1) is 24.7. The van der Waals surface area contributed by atoms with E-state index in [-0.39, 0.29) is 12.6 Å². The first-order chi connectivity index (χ1) is 14.0. The topological polar surface area (TPSA) is 70.6 Å². The van der Waals surface area contributed by atoms with Crippen molar-refractivity contribution in [2.75, 3.05) is 13.1 Å². The van der Waals surface area contributed by atoms with Crippen molar-refractivity contribution >= 4 is 6.09 Å². The summed E-state index contributed by atoms with van der Waals surface area (Å²) in [5.74, 6) is 0.498. The summed E-state index contributed by atoms with van der Waals surface area (Å²) in [4.78, 5) is 12.2. The van der Waals surface area contributed by atoms with E-state index in [1.807, 2.05) is 48.6 Å². The third-order valence-electron chi connectivity index (χ3n) is 4.27. The second kappa shape index (κ2) is 15.5. The first-order valence-electron chi connectivity index (χ1n) is 10.3. The molecule has 0 aliphatic carbocycles. The molecule has 0 heterocycles. The maximum atomic E-state index is 12.2. The molecule has 0 aromatic heterocycles. The summed E-state index contributed by atoms with van der Waals surface area (Å²) in [6, 6.07) is 9.17. The largest absolute Gasteiger partial charge is 0.445 e. The zero-order chi connectivity index (χ0) is 21.3. The number of aliphatic hydroxyl groups excluding tert-OH is 1. The summed E-state index contributed by atoms with van der Waals surface area (Å²) in [5, 5.41) is 16.6. The van der Waals surface area contributed by atoms with Crippen molar-refractivity contribution in [2.24, 2.45) is 5.92 Å². The van der Waals surface area contributed by atoms with Gasteiger partial charge in [0.25, 0.3) is 0 Å². The molecule has 0 fully saturated rings. The molecule has 2 atom stereocenters. The molecule has 0 bridgehead atoms. The van der Waals surface area contributed by atoms with Gasteiger partial charge in [-0.05, 0) is 37.3 Å². The normalized spacial score (nSPS) is 13.7. The molecule has 0 saturated carbocycles. The third kappa shape index (κ3) is 12.7. The minimum Gasteiger partial charge on any atom is -0.445 e. The number of aliphatic hydroxyl groups is 1. The average molecular weight is 401 g/mol. The fourth-order valence-corrected chi connectivity index (χ4v) is 2.71. The van der Waals surface area contributed by atoms with E-state index in [4.69, 9.17) is 4.74 Å². The van der Waals surface area contributed by atoms with Crippen molar-refractivity contribution in [1.82, 2.24) is 10.6 Å². The minimum atomic E-state index is -0.678. The zero-order valence-electron chi connectivity index (χ0n) is 17.7. The van der Waals surface area contributed by atoms with Crippen LogP contribution in [0, 0.1) is 5.92 Å². The van der Waals surface area contributed by atoms with Crippen LogP contribution < -0.4 is 10.6 Å². The highest BCUT2D eigenvalue weighted by molar-refractivity contribution is 5.67. The molecule has 0 radical (unpaired) electrons. The third-order valence-corrected chi connectivity index (χ3v) is 4.27. The summed E-state index contributed by atoms with van der Waals surface area (Å²) in [6.07, 6.45) is 10.8. The molecular weight excluding hydrogens is 364 g/mol. The molecule has 1 aromatic carbocycles. The molecular formula is C24H36N2O3. The quantitative estimate of drug-likeness (QED) is 0.321. The molecule has 1 unspecified atom stereocenters. The Morgan fingerprint density at radius 3 is 2.62 bits per heavy atom. The summed E-state index contributed by atoms with van der Waals surface area (Å²) in [5.41, 5.74) is 0.927. The maximum Gasteiger partial charge on any atom is 0.407 e. The average Bonchev–Trinajstić information content (AvgIpc) is 2.71. The Balaban J connectivity index is 2.50. The fourth-order valence-electron chi connectivity index (χ4n) is 2.71. The highest BCUT2D eigenvalue weighted by atomic mass is 16.5. The second-order valence-electron chi connectivity index (χ2n) is 7.41. The number of benzene rings is 1. The van der Waals surface area contributed by atoms with E-state index in [0.717, 1.165) is 24.9 Å². The van der Waals surface area contributed by atoms with Crippen LogP contribution in [0.5, 0.6) is 0 Å². The summed E-state index contributed by atoms with van der Waals surface area (Å²) in [6.45, 7) is 9.31. The van der Waals surface area contributed by atoms with Gasteiger partial charge in [-0.2, -0.15) is 0 Å². The Morgan fingerprint density at radius 1 is 1.17 bits per heavy atom. The lowest BCUT2D eigenvalue weighted by atomic mass is 10.0. The van der Waals surface area contributed by atoms with Gasteiger partial charge >= 0.3 is 6.09 Å². The van der Waals surface area contributed by atoms with Gasteiger partial charge in [0, 0.05) is 6.54 Å². The van der Waals surface area contributed by atoms with Crippen LogP contribution in [0.15, 0.2) is 67.3 Å². The number of carbonyl (C=O) groups excluding carboxylic acids is 1. The van der Waals surface area contributed by atoms with Crippen LogP contribution in [0.4, 0.5) is 4.79 Å². The number of allylic oxidation sites excluding steroid dienone is 5. The van der Waals surface area contributed by atoms with Gasteiger partial charge in [-0.1, -0.05) is 81.1 Å². The highest BCUT2D eigenvalue weighted by Gasteiger charge is 2.21. The molecule has 1 rings (SSSR count). The molecule has 5 nitrogen and oxygen atoms in total. The van der Waals surface area contributed by atoms with E-state index >= 15 is 0 Å². The van der Waals surface area contributed by atoms with Gasteiger partial charge in [-0.25, -0.2) is 4.79 Å². The number of hydrogen-bond donors (Lipinski definition) is 3. The van der Waals surface area contributed by atoms with Gasteiger partial charge < -0.3 is 20.5 Å². The van der Waals surface area contributed by atoms with E-state index in [1.54, 1.807) is 6.08 Å². The van der Waals surface area contributed by atoms with E-state index in [1.165, 1.54) is 0 Å². The standard InChI is InChI=1S/C24H36N2O3/c1-4-5-6-7-8-9-13-16-22(23(27)18-25-17-20(2)3)26-24(28)29-19-21-14-11-10-12-15-21/h4-8,10-12,14-15,20,22-23,25,27H,1,9,13,16-19H2,2-3H3,(H,26,28)/b6-5-,8-7?/t22-,23?/m0/s1. The fraction of sp³-hybridized carbons (Fsp3) is 0.458. The molecule has 0 aliphatic rings. The molecule has 5 heteroatoms. The lowest BCUT2D eigenvalue weighted by Gasteiger charge is -2.24. The van der Waals surface area contributed by atoms with Gasteiger partial charge in [0.15, 0.2) is 0 Å². The van der Waals surface area contributed by atoms with Crippen LogP contribution in [-0.4, -0.2) is 36.4 Å². The van der Waals surface area contributed by atoms with Crippen LogP contribution in [0.25, 0.3) is 0 Å². The SMILES string of the molecule is C=C/C=C\C=CCCC[C@H](NC(=O)OCc1ccccc1)C(O)CNCC(C)C.